The van der Waals surface area contributed by atoms with Gasteiger partial charge >= 0.3 is 0 Å². The number of Topliss-reactive ketones (excluding diaryl/α,β-unsaturated/α-hetero) is 1. The molecule has 1 amide bonds. The van der Waals surface area contributed by atoms with Gasteiger partial charge in [0.25, 0.3) is 11.7 Å². The molecule has 0 spiro atoms. The number of hydrogen-bond donors (Lipinski definition) is 0. The van der Waals surface area contributed by atoms with E-state index in [-0.39, 0.29) is 5.78 Å². The lowest BCUT2D eigenvalue weighted by molar-refractivity contribution is -0.114. The van der Waals surface area contributed by atoms with E-state index >= 15 is 0 Å². The molecule has 1 aromatic rings. The Bertz CT molecular complexity index is 495. The molecule has 18 heavy (non-hydrogen) atoms. The van der Waals surface area contributed by atoms with Crippen LogP contribution in [0.3, 0.4) is 0 Å². The van der Waals surface area contributed by atoms with E-state index in [0.717, 1.165) is 23.0 Å². The molecule has 96 valence electrons. The normalized spacial score (nSPS) is 16.1. The molecule has 3 nitrogen and oxygen atoms in total. The highest BCUT2D eigenvalue weighted by atomic mass is 79.9. The van der Waals surface area contributed by atoms with Crippen LogP contribution in [0.4, 0.5) is 5.69 Å². The number of benzene rings is 1. The predicted molar refractivity (Wildman–Crippen MR) is 75.4 cm³/mol. The minimum atomic E-state index is -0.390. The Morgan fingerprint density at radius 1 is 1.33 bits per heavy atom. The highest BCUT2D eigenvalue weighted by Crippen LogP contribution is 2.33. The summed E-state index contributed by atoms with van der Waals surface area (Å²) in [5.41, 5.74) is 2.33. The Hall–Kier alpha value is -1.16. The fraction of sp³-hybridized carbons (Fsp3) is 0.429. The molecular formula is C14H16BrNO2. The largest absolute Gasteiger partial charge is 0.304 e. The number of para-hydroxylation sites is 1. The Morgan fingerprint density at radius 3 is 2.67 bits per heavy atom. The number of fused-ring (bicyclic) bond motifs is 1. The maximum atomic E-state index is 12.0. The lowest BCUT2D eigenvalue weighted by Crippen LogP contribution is -2.35. The van der Waals surface area contributed by atoms with E-state index < -0.39 is 5.91 Å². The van der Waals surface area contributed by atoms with Crippen molar-refractivity contribution in [3.8, 4) is 0 Å². The number of ketones is 1. The van der Waals surface area contributed by atoms with Crippen LogP contribution in [-0.2, 0) is 4.79 Å². The van der Waals surface area contributed by atoms with Crippen molar-refractivity contribution in [3.63, 3.8) is 0 Å². The Morgan fingerprint density at radius 2 is 2.06 bits per heavy atom. The average Bonchev–Trinajstić information content (AvgIpc) is 2.62. The number of alkyl halides is 1. The van der Waals surface area contributed by atoms with Gasteiger partial charge < -0.3 is 4.90 Å². The average molecular weight is 310 g/mol. The fourth-order valence-electron chi connectivity index (χ4n) is 2.26. The van der Waals surface area contributed by atoms with Gasteiger partial charge in [-0.25, -0.2) is 0 Å². The summed E-state index contributed by atoms with van der Waals surface area (Å²) in [6.45, 7) is 4.63. The van der Waals surface area contributed by atoms with E-state index in [1.165, 1.54) is 0 Å². The molecule has 1 aliphatic rings. The first-order valence-electron chi connectivity index (χ1n) is 6.11. The lowest BCUT2D eigenvalue weighted by atomic mass is 10.1. The zero-order valence-corrected chi connectivity index (χ0v) is 12.2. The third-order valence-electron chi connectivity index (χ3n) is 3.43. The third kappa shape index (κ3) is 2.09. The van der Waals surface area contributed by atoms with Crippen LogP contribution in [0, 0.1) is 12.8 Å². The van der Waals surface area contributed by atoms with E-state index in [9.17, 15) is 9.59 Å². The van der Waals surface area contributed by atoms with E-state index in [1.807, 2.05) is 19.1 Å². The molecule has 4 heteroatoms. The second-order valence-electron chi connectivity index (χ2n) is 4.64. The fourth-order valence-corrected chi connectivity index (χ4v) is 2.92. The summed E-state index contributed by atoms with van der Waals surface area (Å²) < 4.78 is 0. The van der Waals surface area contributed by atoms with Crippen LogP contribution in [0.25, 0.3) is 0 Å². The van der Waals surface area contributed by atoms with Crippen molar-refractivity contribution >= 4 is 33.3 Å². The van der Waals surface area contributed by atoms with Crippen LogP contribution >= 0.6 is 15.9 Å². The van der Waals surface area contributed by atoms with Gasteiger partial charge in [0.2, 0.25) is 0 Å². The topological polar surface area (TPSA) is 37.4 Å². The zero-order chi connectivity index (χ0) is 13.3. The van der Waals surface area contributed by atoms with Crippen molar-refractivity contribution in [2.45, 2.75) is 20.3 Å². The van der Waals surface area contributed by atoms with E-state index in [4.69, 9.17) is 0 Å². The molecule has 1 aromatic carbocycles. The number of anilines is 1. The van der Waals surface area contributed by atoms with Crippen molar-refractivity contribution in [2.75, 3.05) is 16.8 Å². The Kier molecular flexibility index (Phi) is 3.85. The molecule has 1 aliphatic heterocycles. The number of aryl methyl sites for hydroxylation is 1. The summed E-state index contributed by atoms with van der Waals surface area (Å²) in [4.78, 5) is 25.6. The van der Waals surface area contributed by atoms with Gasteiger partial charge in [0.15, 0.2) is 0 Å². The molecule has 1 atom stereocenters. The van der Waals surface area contributed by atoms with Crippen molar-refractivity contribution in [3.05, 3.63) is 29.3 Å². The number of carbonyl (C=O) groups is 2. The molecule has 0 radical (unpaired) electrons. The van der Waals surface area contributed by atoms with Crippen LogP contribution in [-0.4, -0.2) is 23.6 Å². The maximum absolute atomic E-state index is 12.0. The molecule has 0 saturated heterocycles. The molecule has 0 aromatic heterocycles. The number of amides is 1. The van der Waals surface area contributed by atoms with Gasteiger partial charge in [-0.3, -0.25) is 9.59 Å². The monoisotopic (exact) mass is 309 g/mol. The molecule has 2 rings (SSSR count). The van der Waals surface area contributed by atoms with E-state index in [1.54, 1.807) is 11.0 Å². The van der Waals surface area contributed by atoms with E-state index in [2.05, 4.69) is 22.9 Å². The van der Waals surface area contributed by atoms with Crippen molar-refractivity contribution in [1.29, 1.82) is 0 Å². The van der Waals surface area contributed by atoms with Crippen molar-refractivity contribution < 1.29 is 9.59 Å². The molecule has 0 bridgehead atoms. The van der Waals surface area contributed by atoms with Crippen LogP contribution in [0.2, 0.25) is 0 Å². The second-order valence-corrected chi connectivity index (χ2v) is 5.29. The number of carbonyl (C=O) groups excluding carboxylic acids is 2. The molecule has 0 fully saturated rings. The van der Waals surface area contributed by atoms with Crippen molar-refractivity contribution in [1.82, 2.24) is 0 Å². The predicted octanol–water partition coefficient (Wildman–Crippen LogP) is 2.95. The van der Waals surface area contributed by atoms with Gasteiger partial charge in [-0.1, -0.05) is 41.4 Å². The summed E-state index contributed by atoms with van der Waals surface area (Å²) in [6.07, 6.45) is 0.977. The number of nitrogens with zero attached hydrogens (tertiary/aromatic N) is 1. The third-order valence-corrected chi connectivity index (χ3v) is 4.34. The smallest absolute Gasteiger partial charge is 0.299 e. The standard InChI is InChI=1S/C14H16BrNO2/c1-3-10(7-15)8-16-12-9(2)5-4-6-11(12)13(17)14(16)18/h4-6,10H,3,7-8H2,1-2H3. The first-order valence-corrected chi connectivity index (χ1v) is 7.24. The quantitative estimate of drug-likeness (QED) is 0.633. The van der Waals surface area contributed by atoms with Gasteiger partial charge in [-0.05, 0) is 24.5 Å². The summed E-state index contributed by atoms with van der Waals surface area (Å²) in [6, 6.07) is 5.50. The molecule has 0 saturated carbocycles. The minimum Gasteiger partial charge on any atom is -0.304 e. The summed E-state index contributed by atoms with van der Waals surface area (Å²) in [5, 5.41) is 0.836. The van der Waals surface area contributed by atoms with Gasteiger partial charge in [-0.15, -0.1) is 0 Å². The Balaban J connectivity index is 2.39. The molecule has 0 N–H and O–H groups in total. The first kappa shape index (κ1) is 13.3. The highest BCUT2D eigenvalue weighted by Gasteiger charge is 2.37. The number of halogens is 1. The molecular weight excluding hydrogens is 294 g/mol. The second kappa shape index (κ2) is 5.22. The summed E-state index contributed by atoms with van der Waals surface area (Å²) in [5.74, 6) is -0.399. The Labute approximate surface area is 115 Å². The summed E-state index contributed by atoms with van der Waals surface area (Å²) >= 11 is 3.45. The van der Waals surface area contributed by atoms with E-state index in [0.29, 0.717) is 18.0 Å². The van der Waals surface area contributed by atoms with Gasteiger partial charge in [-0.2, -0.15) is 0 Å². The number of rotatable bonds is 4. The van der Waals surface area contributed by atoms with Gasteiger partial charge in [0, 0.05) is 11.9 Å². The first-order chi connectivity index (χ1) is 8.60. The number of hydrogen-bond acceptors (Lipinski definition) is 2. The van der Waals surface area contributed by atoms with Crippen LogP contribution in [0.15, 0.2) is 18.2 Å². The van der Waals surface area contributed by atoms with Gasteiger partial charge in [0.05, 0.1) is 11.3 Å². The molecule has 1 unspecified atom stereocenters. The van der Waals surface area contributed by atoms with Crippen molar-refractivity contribution in [2.24, 2.45) is 5.92 Å². The lowest BCUT2D eigenvalue weighted by Gasteiger charge is -2.22. The van der Waals surface area contributed by atoms with Gasteiger partial charge in [0.1, 0.15) is 0 Å². The highest BCUT2D eigenvalue weighted by molar-refractivity contribution is 9.09. The SMILES string of the molecule is CCC(CBr)CN1C(=O)C(=O)c2cccc(C)c21. The van der Waals surface area contributed by atoms with Crippen LogP contribution in [0.1, 0.15) is 29.3 Å². The minimum absolute atomic E-state index is 0.368. The molecule has 0 aliphatic carbocycles. The van der Waals surface area contributed by atoms with Crippen LogP contribution in [0.5, 0.6) is 0 Å². The maximum Gasteiger partial charge on any atom is 0.299 e. The zero-order valence-electron chi connectivity index (χ0n) is 10.6. The summed E-state index contributed by atoms with van der Waals surface area (Å²) in [7, 11) is 0. The van der Waals surface area contributed by atoms with Crippen LogP contribution < -0.4 is 4.90 Å². The molecule has 1 heterocycles.